The van der Waals surface area contributed by atoms with Crippen LogP contribution in [0.5, 0.6) is 11.5 Å². The number of hydrogen-bond acceptors (Lipinski definition) is 7. The van der Waals surface area contributed by atoms with Gasteiger partial charge in [-0.3, -0.25) is 14.9 Å². The first kappa shape index (κ1) is 27.5. The van der Waals surface area contributed by atoms with Crippen LogP contribution in [0.4, 0.5) is 5.69 Å². The van der Waals surface area contributed by atoms with Crippen LogP contribution in [0.15, 0.2) is 73.4 Å². The van der Waals surface area contributed by atoms with E-state index in [1.807, 2.05) is 12.1 Å². The highest BCUT2D eigenvalue weighted by Crippen LogP contribution is 2.33. The largest absolute Gasteiger partial charge is 0.493 e. The molecule has 0 fully saturated rings. The lowest BCUT2D eigenvalue weighted by Gasteiger charge is -2.13. The Hall–Kier alpha value is -3.57. The van der Waals surface area contributed by atoms with Gasteiger partial charge in [-0.1, -0.05) is 29.3 Å². The Morgan fingerprint density at radius 2 is 1.87 bits per heavy atom. The molecule has 0 aliphatic carbocycles. The second-order valence-electron chi connectivity index (χ2n) is 8.39. The van der Waals surface area contributed by atoms with Crippen LogP contribution in [-0.4, -0.2) is 27.9 Å². The van der Waals surface area contributed by atoms with Gasteiger partial charge >= 0.3 is 0 Å². The first-order chi connectivity index (χ1) is 18.3. The van der Waals surface area contributed by atoms with Crippen molar-refractivity contribution in [3.63, 3.8) is 0 Å². The normalized spacial score (nSPS) is 11.3. The zero-order chi connectivity index (χ0) is 27.2. The predicted octanol–water partition coefficient (Wildman–Crippen LogP) is 6.64. The van der Waals surface area contributed by atoms with E-state index in [1.165, 1.54) is 23.9 Å². The third-order valence-corrected chi connectivity index (χ3v) is 6.95. The molecular formula is C27H24Br2N4O5. The topological polar surface area (TPSA) is 109 Å². The molecule has 0 aliphatic heterocycles. The lowest BCUT2D eigenvalue weighted by molar-refractivity contribution is -0.384. The summed E-state index contributed by atoms with van der Waals surface area (Å²) in [5.74, 6) is 1.54. The Morgan fingerprint density at radius 1 is 1.11 bits per heavy atom. The molecule has 0 N–H and O–H groups in total. The van der Waals surface area contributed by atoms with E-state index >= 15 is 0 Å². The van der Waals surface area contributed by atoms with E-state index in [1.54, 1.807) is 36.5 Å². The van der Waals surface area contributed by atoms with Gasteiger partial charge in [-0.05, 0) is 70.4 Å². The molecule has 196 valence electrons. The summed E-state index contributed by atoms with van der Waals surface area (Å²) in [5, 5.41) is 15.8. The monoisotopic (exact) mass is 642 g/mol. The number of aromatic nitrogens is 2. The molecule has 4 aromatic rings. The molecule has 0 saturated heterocycles. The van der Waals surface area contributed by atoms with Gasteiger partial charge in [0.1, 0.15) is 12.4 Å². The molecule has 0 radical (unpaired) electrons. The number of unbranched alkanes of at least 4 members (excludes halogenated alkanes) is 1. The number of nitro groups is 1. The van der Waals surface area contributed by atoms with Crippen LogP contribution in [0, 0.1) is 10.1 Å². The minimum absolute atomic E-state index is 0.0175. The number of non-ortho nitro benzene ring substituents is 1. The summed E-state index contributed by atoms with van der Waals surface area (Å²) >= 11 is 6.98. The number of rotatable bonds is 10. The number of fused-ring (bicyclic) bond motifs is 1. The van der Waals surface area contributed by atoms with E-state index in [2.05, 4.69) is 43.9 Å². The minimum atomic E-state index is -0.446. The Balaban J connectivity index is 1.63. The molecule has 1 aromatic heterocycles. The van der Waals surface area contributed by atoms with Crippen molar-refractivity contribution in [1.29, 1.82) is 0 Å². The predicted molar refractivity (Wildman–Crippen MR) is 153 cm³/mol. The Bertz CT molecular complexity index is 1570. The van der Waals surface area contributed by atoms with Gasteiger partial charge in [0.15, 0.2) is 11.5 Å². The summed E-state index contributed by atoms with van der Waals surface area (Å²) in [6, 6.07) is 15.1. The molecule has 0 spiro atoms. The fourth-order valence-electron chi connectivity index (χ4n) is 3.73. The molecular weight excluding hydrogens is 620 g/mol. The maximum Gasteiger partial charge on any atom is 0.282 e. The molecule has 0 saturated carbocycles. The average Bonchev–Trinajstić information content (AvgIpc) is 2.91. The Kier molecular flexibility index (Phi) is 8.90. The van der Waals surface area contributed by atoms with Gasteiger partial charge < -0.3 is 9.47 Å². The molecule has 1 heterocycles. The molecule has 0 bridgehead atoms. The van der Waals surface area contributed by atoms with Gasteiger partial charge in [-0.2, -0.15) is 9.78 Å². The van der Waals surface area contributed by atoms with Gasteiger partial charge in [0.2, 0.25) is 0 Å². The smallest absolute Gasteiger partial charge is 0.282 e. The molecule has 11 heteroatoms. The van der Waals surface area contributed by atoms with Crippen LogP contribution in [0.3, 0.4) is 0 Å². The third kappa shape index (κ3) is 6.28. The second kappa shape index (κ2) is 12.3. The maximum absolute atomic E-state index is 13.3. The highest BCUT2D eigenvalue weighted by atomic mass is 79.9. The van der Waals surface area contributed by atoms with Gasteiger partial charge in [0, 0.05) is 33.1 Å². The third-order valence-electron chi connectivity index (χ3n) is 5.77. The zero-order valence-electron chi connectivity index (χ0n) is 20.7. The van der Waals surface area contributed by atoms with Crippen molar-refractivity contribution >= 4 is 54.7 Å². The first-order valence-corrected chi connectivity index (χ1v) is 13.4. The van der Waals surface area contributed by atoms with Gasteiger partial charge in [0.25, 0.3) is 11.2 Å². The van der Waals surface area contributed by atoms with E-state index in [0.29, 0.717) is 44.7 Å². The van der Waals surface area contributed by atoms with Crippen LogP contribution >= 0.6 is 31.9 Å². The maximum atomic E-state index is 13.3. The van der Waals surface area contributed by atoms with Crippen LogP contribution in [-0.2, 0) is 13.0 Å². The number of aryl methyl sites for hydroxylation is 1. The number of ether oxygens (including phenoxy) is 2. The molecule has 0 atom stereocenters. The van der Waals surface area contributed by atoms with Crippen molar-refractivity contribution in [2.75, 3.05) is 7.11 Å². The molecule has 9 nitrogen and oxygen atoms in total. The molecule has 38 heavy (non-hydrogen) atoms. The lowest BCUT2D eigenvalue weighted by Crippen LogP contribution is -2.22. The van der Waals surface area contributed by atoms with Crippen molar-refractivity contribution in [2.45, 2.75) is 32.8 Å². The molecule has 0 aliphatic rings. The van der Waals surface area contributed by atoms with Crippen molar-refractivity contribution < 1.29 is 14.4 Å². The van der Waals surface area contributed by atoms with E-state index in [-0.39, 0.29) is 17.9 Å². The quantitative estimate of drug-likeness (QED) is 0.109. The summed E-state index contributed by atoms with van der Waals surface area (Å²) in [6.45, 7) is 2.28. The number of benzene rings is 3. The first-order valence-electron chi connectivity index (χ1n) is 11.8. The summed E-state index contributed by atoms with van der Waals surface area (Å²) < 4.78 is 14.3. The SMILES string of the molecule is CCCCc1nc2ccc(Br)cc2c(=O)n1N=Cc1cc(OC)c(OCc2ccc([N+](=O)[O-])cc2)cc1Br. The molecule has 3 aromatic carbocycles. The fourth-order valence-corrected chi connectivity index (χ4v) is 4.51. The zero-order valence-corrected chi connectivity index (χ0v) is 23.9. The van der Waals surface area contributed by atoms with Crippen molar-refractivity contribution in [3.8, 4) is 11.5 Å². The summed E-state index contributed by atoms with van der Waals surface area (Å²) in [5.41, 5.74) is 1.85. The second-order valence-corrected chi connectivity index (χ2v) is 10.2. The van der Waals surface area contributed by atoms with Crippen molar-refractivity contribution in [2.24, 2.45) is 5.10 Å². The summed E-state index contributed by atoms with van der Waals surface area (Å²) in [4.78, 5) is 28.4. The molecule has 4 rings (SSSR count). The van der Waals surface area contributed by atoms with Crippen LogP contribution in [0.2, 0.25) is 0 Å². The van der Waals surface area contributed by atoms with Crippen molar-refractivity contribution in [1.82, 2.24) is 9.66 Å². The Morgan fingerprint density at radius 3 is 2.55 bits per heavy atom. The number of hydrogen-bond donors (Lipinski definition) is 0. The van der Waals surface area contributed by atoms with Crippen LogP contribution in [0.25, 0.3) is 10.9 Å². The van der Waals surface area contributed by atoms with E-state index in [4.69, 9.17) is 14.5 Å². The number of halogens is 2. The van der Waals surface area contributed by atoms with Crippen molar-refractivity contribution in [3.05, 3.63) is 101 Å². The van der Waals surface area contributed by atoms with Gasteiger partial charge in [0.05, 0.1) is 29.2 Å². The summed E-state index contributed by atoms with van der Waals surface area (Å²) in [6.07, 6.45) is 4.04. The summed E-state index contributed by atoms with van der Waals surface area (Å²) in [7, 11) is 1.53. The van der Waals surface area contributed by atoms with Crippen LogP contribution in [0.1, 0.15) is 36.7 Å². The number of nitrogens with zero attached hydrogens (tertiary/aromatic N) is 4. The average molecular weight is 644 g/mol. The standard InChI is InChI=1S/C27H24Br2N4O5/c1-3-4-5-26-31-23-11-8-19(28)13-21(23)27(34)32(26)30-15-18-12-24(37-2)25(14-22(18)29)38-16-17-6-9-20(10-7-17)33(35)36/h6-15H,3-5,16H2,1-2H3. The fraction of sp³-hybridized carbons (Fsp3) is 0.222. The van der Waals surface area contributed by atoms with Crippen LogP contribution < -0.4 is 15.0 Å². The number of methoxy groups -OCH3 is 1. The van der Waals surface area contributed by atoms with Gasteiger partial charge in [-0.25, -0.2) is 4.98 Å². The van der Waals surface area contributed by atoms with E-state index in [9.17, 15) is 14.9 Å². The van der Waals surface area contributed by atoms with Gasteiger partial charge in [-0.15, -0.1) is 0 Å². The lowest BCUT2D eigenvalue weighted by atomic mass is 10.2. The van der Waals surface area contributed by atoms with E-state index < -0.39 is 4.92 Å². The Labute approximate surface area is 235 Å². The highest BCUT2D eigenvalue weighted by Gasteiger charge is 2.13. The molecule has 0 amide bonds. The minimum Gasteiger partial charge on any atom is -0.493 e. The molecule has 0 unspecified atom stereocenters. The highest BCUT2D eigenvalue weighted by molar-refractivity contribution is 9.10. The number of nitro benzene ring substituents is 1. The van der Waals surface area contributed by atoms with E-state index in [0.717, 1.165) is 22.9 Å².